The summed E-state index contributed by atoms with van der Waals surface area (Å²) in [7, 11) is 2.76. The van der Waals surface area contributed by atoms with Crippen LogP contribution in [0.15, 0.2) is 39.2 Å². The van der Waals surface area contributed by atoms with Gasteiger partial charge in [-0.25, -0.2) is 10.2 Å². The summed E-state index contributed by atoms with van der Waals surface area (Å²) >= 11 is 0. The lowest BCUT2D eigenvalue weighted by Gasteiger charge is -2.08. The molecule has 114 valence electrons. The topological polar surface area (TPSA) is 124 Å². The zero-order chi connectivity index (χ0) is 16.3. The normalized spacial score (nSPS) is 10.8. The molecule has 0 radical (unpaired) electrons. The molecule has 1 amide bonds. The number of carbonyl (C=O) groups is 1. The molecule has 2 rings (SSSR count). The first kappa shape index (κ1) is 15.2. The van der Waals surface area contributed by atoms with Gasteiger partial charge in [0.2, 0.25) is 0 Å². The summed E-state index contributed by atoms with van der Waals surface area (Å²) in [6.45, 7) is 0. The maximum atomic E-state index is 12.0. The van der Waals surface area contributed by atoms with Crippen LogP contribution in [0.1, 0.15) is 15.9 Å². The van der Waals surface area contributed by atoms with E-state index in [-0.39, 0.29) is 11.4 Å². The van der Waals surface area contributed by atoms with Crippen LogP contribution >= 0.6 is 0 Å². The van der Waals surface area contributed by atoms with Gasteiger partial charge in [-0.3, -0.25) is 23.7 Å². The Kier molecular flexibility index (Phi) is 4.16. The molecule has 9 heteroatoms. The van der Waals surface area contributed by atoms with Gasteiger partial charge in [0.15, 0.2) is 0 Å². The second-order valence-electron chi connectivity index (χ2n) is 4.45. The van der Waals surface area contributed by atoms with Gasteiger partial charge >= 0.3 is 5.69 Å². The molecule has 0 aliphatic rings. The zero-order valence-corrected chi connectivity index (χ0v) is 12.0. The lowest BCUT2D eigenvalue weighted by molar-refractivity contribution is 0.0955. The molecule has 0 bridgehead atoms. The van der Waals surface area contributed by atoms with Gasteiger partial charge in [-0.1, -0.05) is 0 Å². The van der Waals surface area contributed by atoms with Gasteiger partial charge in [0.25, 0.3) is 11.5 Å². The Hall–Kier alpha value is -3.23. The van der Waals surface area contributed by atoms with E-state index in [2.05, 4.69) is 15.5 Å². The monoisotopic (exact) mass is 302 g/mol. The third-order valence-electron chi connectivity index (χ3n) is 3.03. The fourth-order valence-corrected chi connectivity index (χ4v) is 1.72. The van der Waals surface area contributed by atoms with Gasteiger partial charge in [0, 0.05) is 26.5 Å². The Morgan fingerprint density at radius 1 is 1.36 bits per heavy atom. The largest absolute Gasteiger partial charge is 0.384 e. The summed E-state index contributed by atoms with van der Waals surface area (Å²) in [5.74, 6) is -0.517. The van der Waals surface area contributed by atoms with E-state index < -0.39 is 17.2 Å². The summed E-state index contributed by atoms with van der Waals surface area (Å²) in [6, 6.07) is 3.18. The highest BCUT2D eigenvalue weighted by molar-refractivity contribution is 5.94. The van der Waals surface area contributed by atoms with E-state index in [9.17, 15) is 14.4 Å². The highest BCUT2D eigenvalue weighted by atomic mass is 16.2. The van der Waals surface area contributed by atoms with E-state index in [4.69, 9.17) is 5.73 Å². The highest BCUT2D eigenvalue weighted by Gasteiger charge is 2.11. The van der Waals surface area contributed by atoms with Gasteiger partial charge in [-0.05, 0) is 12.1 Å². The number of hydrazone groups is 1. The first-order valence-electron chi connectivity index (χ1n) is 6.22. The molecule has 0 atom stereocenters. The molecule has 0 aliphatic heterocycles. The van der Waals surface area contributed by atoms with Crippen LogP contribution < -0.4 is 22.4 Å². The minimum absolute atomic E-state index is 0.0103. The van der Waals surface area contributed by atoms with Crippen LogP contribution in [0.25, 0.3) is 0 Å². The Bertz CT molecular complexity index is 851. The summed E-state index contributed by atoms with van der Waals surface area (Å²) in [6.07, 6.45) is 4.02. The molecule has 9 nitrogen and oxygen atoms in total. The minimum atomic E-state index is -0.597. The second-order valence-corrected chi connectivity index (χ2v) is 4.45. The molecule has 2 aromatic heterocycles. The van der Waals surface area contributed by atoms with E-state index >= 15 is 0 Å². The molecule has 0 saturated carbocycles. The molecular formula is C13H14N6O3. The minimum Gasteiger partial charge on any atom is -0.384 e. The molecule has 0 spiro atoms. The highest BCUT2D eigenvalue weighted by Crippen LogP contribution is 1.99. The third kappa shape index (κ3) is 2.77. The van der Waals surface area contributed by atoms with E-state index in [0.717, 1.165) is 15.3 Å². The SMILES string of the molecule is Cn1c(N)c(/C=N\NC(=O)c2cccnc2)c(=O)n(C)c1=O. The van der Waals surface area contributed by atoms with Crippen molar-refractivity contribution in [3.05, 3.63) is 56.5 Å². The number of nitrogens with one attached hydrogen (secondary N) is 1. The van der Waals surface area contributed by atoms with Crippen LogP contribution in [0, 0.1) is 0 Å². The zero-order valence-electron chi connectivity index (χ0n) is 12.0. The van der Waals surface area contributed by atoms with Crippen LogP contribution in [-0.4, -0.2) is 26.2 Å². The van der Waals surface area contributed by atoms with Crippen LogP contribution in [0.2, 0.25) is 0 Å². The van der Waals surface area contributed by atoms with Gasteiger partial charge in [-0.15, -0.1) is 0 Å². The average molecular weight is 302 g/mol. The Morgan fingerprint density at radius 2 is 2.09 bits per heavy atom. The summed E-state index contributed by atoms with van der Waals surface area (Å²) in [5, 5.41) is 3.69. The maximum Gasteiger partial charge on any atom is 0.332 e. The number of hydrogen-bond acceptors (Lipinski definition) is 6. The van der Waals surface area contributed by atoms with Crippen LogP contribution in [-0.2, 0) is 14.1 Å². The van der Waals surface area contributed by atoms with Crippen molar-refractivity contribution in [2.24, 2.45) is 19.2 Å². The molecule has 0 aromatic carbocycles. The van der Waals surface area contributed by atoms with Crippen LogP contribution in [0.5, 0.6) is 0 Å². The molecule has 22 heavy (non-hydrogen) atoms. The van der Waals surface area contributed by atoms with Gasteiger partial charge in [0.05, 0.1) is 11.8 Å². The summed E-state index contributed by atoms with van der Waals surface area (Å²) in [4.78, 5) is 39.2. The molecule has 0 aliphatic carbocycles. The molecule has 3 N–H and O–H groups in total. The number of carbonyl (C=O) groups excluding carboxylic acids is 1. The Morgan fingerprint density at radius 3 is 2.73 bits per heavy atom. The van der Waals surface area contributed by atoms with E-state index in [1.807, 2.05) is 0 Å². The van der Waals surface area contributed by atoms with Crippen molar-refractivity contribution >= 4 is 17.9 Å². The molecule has 0 fully saturated rings. The summed E-state index contributed by atoms with van der Waals surface area (Å²) in [5.41, 5.74) is 7.16. The van der Waals surface area contributed by atoms with Crippen molar-refractivity contribution in [3.8, 4) is 0 Å². The van der Waals surface area contributed by atoms with Crippen LogP contribution in [0.4, 0.5) is 5.82 Å². The molecule has 2 heterocycles. The molecule has 0 saturated heterocycles. The predicted octanol–water partition coefficient (Wildman–Crippen LogP) is -1.17. The lowest BCUT2D eigenvalue weighted by Crippen LogP contribution is -2.40. The first-order valence-corrected chi connectivity index (χ1v) is 6.22. The van der Waals surface area contributed by atoms with Crippen molar-refractivity contribution in [2.45, 2.75) is 0 Å². The Balaban J connectivity index is 2.27. The van der Waals surface area contributed by atoms with E-state index in [1.54, 1.807) is 12.1 Å². The van der Waals surface area contributed by atoms with Gasteiger partial charge < -0.3 is 5.73 Å². The lowest BCUT2D eigenvalue weighted by atomic mass is 10.3. The number of rotatable bonds is 3. The number of nitrogens with two attached hydrogens (primary N) is 1. The fraction of sp³-hybridized carbons (Fsp3) is 0.154. The molecule has 2 aromatic rings. The van der Waals surface area contributed by atoms with Crippen LogP contribution in [0.3, 0.4) is 0 Å². The van der Waals surface area contributed by atoms with E-state index in [0.29, 0.717) is 5.56 Å². The average Bonchev–Trinajstić information content (AvgIpc) is 2.55. The van der Waals surface area contributed by atoms with Crippen molar-refractivity contribution < 1.29 is 4.79 Å². The fourth-order valence-electron chi connectivity index (χ4n) is 1.72. The number of nitrogen functional groups attached to an aromatic ring is 1. The second kappa shape index (κ2) is 6.04. The predicted molar refractivity (Wildman–Crippen MR) is 80.6 cm³/mol. The number of pyridine rings is 1. The van der Waals surface area contributed by atoms with E-state index in [1.165, 1.54) is 26.5 Å². The number of amides is 1. The van der Waals surface area contributed by atoms with Crippen molar-refractivity contribution in [1.82, 2.24) is 19.5 Å². The smallest absolute Gasteiger partial charge is 0.332 e. The number of aromatic nitrogens is 3. The van der Waals surface area contributed by atoms with Gasteiger partial charge in [0.1, 0.15) is 11.4 Å². The molecular weight excluding hydrogens is 288 g/mol. The molecule has 0 unspecified atom stereocenters. The number of hydrogen-bond donors (Lipinski definition) is 2. The first-order chi connectivity index (χ1) is 10.4. The third-order valence-corrected chi connectivity index (χ3v) is 3.03. The van der Waals surface area contributed by atoms with Crippen molar-refractivity contribution in [3.63, 3.8) is 0 Å². The maximum absolute atomic E-state index is 12.0. The van der Waals surface area contributed by atoms with Crippen molar-refractivity contribution in [1.29, 1.82) is 0 Å². The van der Waals surface area contributed by atoms with Gasteiger partial charge in [-0.2, -0.15) is 5.10 Å². The summed E-state index contributed by atoms with van der Waals surface area (Å²) < 4.78 is 2.02. The number of nitrogens with zero attached hydrogens (tertiary/aromatic N) is 4. The van der Waals surface area contributed by atoms with Crippen molar-refractivity contribution in [2.75, 3.05) is 5.73 Å². The number of anilines is 1. The standard InChI is InChI=1S/C13H14N6O3/c1-18-10(14)9(12(21)19(2)13(18)22)7-16-17-11(20)8-4-3-5-15-6-8/h3-7H,14H2,1-2H3,(H,17,20)/b16-7-. The quantitative estimate of drug-likeness (QED) is 0.546. The Labute approximate surface area is 124 Å².